The van der Waals surface area contributed by atoms with Gasteiger partial charge in [-0.25, -0.2) is 8.42 Å². The Kier molecular flexibility index (Phi) is 3.86. The van der Waals surface area contributed by atoms with Crippen molar-refractivity contribution in [2.75, 3.05) is 5.73 Å². The zero-order valence-electron chi connectivity index (χ0n) is 12.9. The van der Waals surface area contributed by atoms with Gasteiger partial charge in [0.2, 0.25) is 9.84 Å². The third-order valence-corrected chi connectivity index (χ3v) is 6.29. The van der Waals surface area contributed by atoms with E-state index in [-0.39, 0.29) is 9.92 Å². The quantitative estimate of drug-likeness (QED) is 0.726. The molecule has 0 amide bonds. The second kappa shape index (κ2) is 5.58. The molecule has 0 aliphatic carbocycles. The summed E-state index contributed by atoms with van der Waals surface area (Å²) < 4.78 is 28.3. The number of nitrogens with zero attached hydrogens (tertiary/aromatic N) is 1. The van der Waals surface area contributed by atoms with Gasteiger partial charge in [-0.3, -0.25) is 0 Å². The summed E-state index contributed by atoms with van der Waals surface area (Å²) >= 11 is 6.00. The van der Waals surface area contributed by atoms with Crippen LogP contribution < -0.4 is 5.73 Å². The maximum Gasteiger partial charge on any atom is 0.209 e. The molecule has 2 aromatic carbocycles. The summed E-state index contributed by atoms with van der Waals surface area (Å²) in [5, 5.41) is 0.961. The maximum atomic E-state index is 13.1. The highest BCUT2D eigenvalue weighted by molar-refractivity contribution is 7.91. The first kappa shape index (κ1) is 15.9. The van der Waals surface area contributed by atoms with Gasteiger partial charge in [-0.2, -0.15) is 0 Å². The Balaban J connectivity index is 2.35. The van der Waals surface area contributed by atoms with Gasteiger partial charge in [0.1, 0.15) is 4.90 Å². The molecule has 2 N–H and O–H groups in total. The Morgan fingerprint density at radius 2 is 1.87 bits per heavy atom. The summed E-state index contributed by atoms with van der Waals surface area (Å²) in [4.78, 5) is 0.481. The second-order valence-electron chi connectivity index (χ2n) is 5.36. The molecular formula is C17H17ClN2O2S. The topological polar surface area (TPSA) is 65.1 Å². The SMILES string of the molecule is CCn1c(C)c(S(=O)(=O)c2ccc(N)c(Cl)c2)c2ccccc21. The number of halogens is 1. The normalized spacial score (nSPS) is 12.0. The van der Waals surface area contributed by atoms with E-state index in [9.17, 15) is 8.42 Å². The standard InChI is InChI=1S/C17H17ClN2O2S/c1-3-20-11(2)17(13-6-4-5-7-16(13)20)23(21,22)12-8-9-15(19)14(18)10-12/h4-10H,3,19H2,1-2H3. The van der Waals surface area contributed by atoms with Crippen LogP contribution in [0.5, 0.6) is 0 Å². The van der Waals surface area contributed by atoms with E-state index in [4.69, 9.17) is 17.3 Å². The van der Waals surface area contributed by atoms with Gasteiger partial charge in [-0.05, 0) is 38.1 Å². The minimum absolute atomic E-state index is 0.152. The van der Waals surface area contributed by atoms with Crippen LogP contribution in [0.2, 0.25) is 5.02 Å². The Hall–Kier alpha value is -1.98. The van der Waals surface area contributed by atoms with Crippen molar-refractivity contribution in [1.82, 2.24) is 4.57 Å². The van der Waals surface area contributed by atoms with Gasteiger partial charge in [0.05, 0.1) is 15.6 Å². The second-order valence-corrected chi connectivity index (χ2v) is 7.66. The Labute approximate surface area is 140 Å². The zero-order valence-corrected chi connectivity index (χ0v) is 14.4. The molecule has 6 heteroatoms. The number of fused-ring (bicyclic) bond motifs is 1. The van der Waals surface area contributed by atoms with Crippen LogP contribution in [0.3, 0.4) is 0 Å². The highest BCUT2D eigenvalue weighted by Crippen LogP contribution is 2.35. The van der Waals surface area contributed by atoms with E-state index < -0.39 is 9.84 Å². The Morgan fingerprint density at radius 1 is 1.17 bits per heavy atom. The van der Waals surface area contributed by atoms with Crippen molar-refractivity contribution in [3.8, 4) is 0 Å². The van der Waals surface area contributed by atoms with Crippen LogP contribution in [-0.2, 0) is 16.4 Å². The number of hydrogen-bond acceptors (Lipinski definition) is 3. The highest BCUT2D eigenvalue weighted by atomic mass is 35.5. The molecule has 3 aromatic rings. The third kappa shape index (κ3) is 2.40. The molecule has 0 aliphatic rings. The van der Waals surface area contributed by atoms with Crippen molar-refractivity contribution in [2.45, 2.75) is 30.2 Å². The molecule has 0 fully saturated rings. The number of nitrogens with two attached hydrogens (primary N) is 1. The molecule has 0 unspecified atom stereocenters. The molecule has 120 valence electrons. The van der Waals surface area contributed by atoms with Crippen LogP contribution in [0.1, 0.15) is 12.6 Å². The summed E-state index contributed by atoms with van der Waals surface area (Å²) in [5.74, 6) is 0. The van der Waals surface area contributed by atoms with Gasteiger partial charge in [-0.1, -0.05) is 29.8 Å². The molecule has 0 aliphatic heterocycles. The number of benzene rings is 2. The highest BCUT2D eigenvalue weighted by Gasteiger charge is 2.26. The minimum atomic E-state index is -3.69. The summed E-state index contributed by atoms with van der Waals surface area (Å²) in [6.45, 7) is 4.52. The molecule has 0 spiro atoms. The van der Waals surface area contributed by atoms with E-state index in [1.165, 1.54) is 18.2 Å². The van der Waals surface area contributed by atoms with Gasteiger partial charge in [-0.15, -0.1) is 0 Å². The predicted molar refractivity (Wildman–Crippen MR) is 93.7 cm³/mol. The number of aromatic nitrogens is 1. The fourth-order valence-corrected chi connectivity index (χ4v) is 4.90. The average Bonchev–Trinajstić information content (AvgIpc) is 2.81. The molecule has 1 aromatic heterocycles. The largest absolute Gasteiger partial charge is 0.398 e. The van der Waals surface area contributed by atoms with Crippen molar-refractivity contribution in [3.05, 3.63) is 53.2 Å². The molecular weight excluding hydrogens is 332 g/mol. The van der Waals surface area contributed by atoms with E-state index in [0.717, 1.165) is 16.6 Å². The maximum absolute atomic E-state index is 13.1. The van der Waals surface area contributed by atoms with E-state index >= 15 is 0 Å². The summed E-state index contributed by atoms with van der Waals surface area (Å²) in [5.41, 5.74) is 7.68. The molecule has 0 saturated carbocycles. The molecule has 23 heavy (non-hydrogen) atoms. The average molecular weight is 349 g/mol. The predicted octanol–water partition coefficient (Wildman–Crippen LogP) is 4.04. The van der Waals surface area contributed by atoms with Crippen molar-refractivity contribution < 1.29 is 8.42 Å². The zero-order chi connectivity index (χ0) is 16.8. The van der Waals surface area contributed by atoms with Crippen LogP contribution >= 0.6 is 11.6 Å². The van der Waals surface area contributed by atoms with E-state index in [2.05, 4.69) is 0 Å². The fraction of sp³-hybridized carbons (Fsp3) is 0.176. The van der Waals surface area contributed by atoms with Crippen molar-refractivity contribution in [1.29, 1.82) is 0 Å². The lowest BCUT2D eigenvalue weighted by Crippen LogP contribution is -2.05. The van der Waals surface area contributed by atoms with Gasteiger partial charge in [0.25, 0.3) is 0 Å². The lowest BCUT2D eigenvalue weighted by Gasteiger charge is -2.08. The van der Waals surface area contributed by atoms with Crippen molar-refractivity contribution in [2.24, 2.45) is 0 Å². The lowest BCUT2D eigenvalue weighted by molar-refractivity contribution is 0.595. The monoisotopic (exact) mass is 348 g/mol. The van der Waals surface area contributed by atoms with E-state index in [0.29, 0.717) is 17.1 Å². The third-order valence-electron chi connectivity index (χ3n) is 4.04. The van der Waals surface area contributed by atoms with Crippen molar-refractivity contribution in [3.63, 3.8) is 0 Å². The molecule has 1 heterocycles. The smallest absolute Gasteiger partial charge is 0.209 e. The fourth-order valence-electron chi connectivity index (χ4n) is 2.94. The number of anilines is 1. The Morgan fingerprint density at radius 3 is 2.52 bits per heavy atom. The number of nitrogen functional groups attached to an aromatic ring is 1. The molecule has 0 radical (unpaired) electrons. The molecule has 0 atom stereocenters. The number of sulfone groups is 1. The molecule has 3 rings (SSSR count). The number of para-hydroxylation sites is 1. The molecule has 0 saturated heterocycles. The first-order valence-corrected chi connectivity index (χ1v) is 9.12. The first-order chi connectivity index (χ1) is 10.9. The van der Waals surface area contributed by atoms with Gasteiger partial charge < -0.3 is 10.3 Å². The number of rotatable bonds is 3. The van der Waals surface area contributed by atoms with Crippen LogP contribution in [0.15, 0.2) is 52.3 Å². The summed E-state index contributed by atoms with van der Waals surface area (Å²) in [6.07, 6.45) is 0. The minimum Gasteiger partial charge on any atom is -0.398 e. The van der Waals surface area contributed by atoms with Crippen LogP contribution in [0, 0.1) is 6.92 Å². The summed E-state index contributed by atoms with van der Waals surface area (Å²) in [7, 11) is -3.69. The van der Waals surface area contributed by atoms with E-state index in [1.807, 2.05) is 42.7 Å². The first-order valence-electron chi connectivity index (χ1n) is 7.26. The molecule has 0 bridgehead atoms. The molecule has 4 nitrogen and oxygen atoms in total. The van der Waals surface area contributed by atoms with Crippen LogP contribution in [-0.4, -0.2) is 13.0 Å². The van der Waals surface area contributed by atoms with Crippen LogP contribution in [0.25, 0.3) is 10.9 Å². The number of hydrogen-bond donors (Lipinski definition) is 1. The van der Waals surface area contributed by atoms with Gasteiger partial charge >= 0.3 is 0 Å². The van der Waals surface area contributed by atoms with Crippen molar-refractivity contribution >= 4 is 38.0 Å². The summed E-state index contributed by atoms with van der Waals surface area (Å²) in [6, 6.07) is 11.9. The van der Waals surface area contributed by atoms with Crippen LogP contribution in [0.4, 0.5) is 5.69 Å². The Bertz CT molecular complexity index is 1010. The lowest BCUT2D eigenvalue weighted by atomic mass is 10.2. The van der Waals surface area contributed by atoms with Gasteiger partial charge in [0, 0.05) is 23.1 Å². The van der Waals surface area contributed by atoms with Gasteiger partial charge in [0.15, 0.2) is 0 Å². The number of aryl methyl sites for hydroxylation is 1. The van der Waals surface area contributed by atoms with E-state index in [1.54, 1.807) is 0 Å².